The second kappa shape index (κ2) is 11.0. The van der Waals surface area contributed by atoms with Gasteiger partial charge < -0.3 is 9.67 Å². The Kier molecular flexibility index (Phi) is 7.50. The van der Waals surface area contributed by atoms with Crippen LogP contribution in [0.15, 0.2) is 53.8 Å². The van der Waals surface area contributed by atoms with Crippen LogP contribution in [0.2, 0.25) is 0 Å². The van der Waals surface area contributed by atoms with E-state index >= 15 is 0 Å². The summed E-state index contributed by atoms with van der Waals surface area (Å²) in [4.78, 5) is 15.7. The second-order valence-electron chi connectivity index (χ2n) is 11.5. The molecule has 2 aliphatic rings. The van der Waals surface area contributed by atoms with Crippen molar-refractivity contribution in [3.8, 4) is 5.69 Å². The standard InChI is InChI=1S/C29H33F3N6O2S/c1-35-17-33-34-27(35)26(21-9-18(10-21)16-39)20-3-2-4-22(12-20)37-15-25-24(29(30,31)32)11-19(14-38(25)28(37)40)13-36-7-5-23(41)6-8-36/h2-4,11-12,14-15,17-18,21,23,26,39,41H,5-10,13,16H2,1H3/t18-,21+,26-/m0/s1. The van der Waals surface area contributed by atoms with Gasteiger partial charge in [0.1, 0.15) is 12.2 Å². The molecule has 1 saturated heterocycles. The number of halogens is 3. The van der Waals surface area contributed by atoms with E-state index in [-0.39, 0.29) is 29.9 Å². The average molecular weight is 587 g/mol. The molecule has 8 nitrogen and oxygen atoms in total. The van der Waals surface area contributed by atoms with Crippen molar-refractivity contribution in [2.45, 2.75) is 49.6 Å². The van der Waals surface area contributed by atoms with Gasteiger partial charge in [-0.2, -0.15) is 25.8 Å². The van der Waals surface area contributed by atoms with Gasteiger partial charge in [-0.05, 0) is 79.9 Å². The normalized spacial score (nSPS) is 21.3. The summed E-state index contributed by atoms with van der Waals surface area (Å²) in [6.07, 6.45) is 3.24. The van der Waals surface area contributed by atoms with E-state index in [1.807, 2.05) is 29.8 Å². The molecule has 1 saturated carbocycles. The number of fused-ring (bicyclic) bond motifs is 1. The molecule has 1 aromatic carbocycles. The molecule has 1 atom stereocenters. The lowest BCUT2D eigenvalue weighted by Gasteiger charge is -2.39. The van der Waals surface area contributed by atoms with Gasteiger partial charge in [0.25, 0.3) is 0 Å². The number of aryl methyl sites for hydroxylation is 1. The van der Waals surface area contributed by atoms with E-state index in [0.717, 1.165) is 54.6 Å². The van der Waals surface area contributed by atoms with Crippen LogP contribution >= 0.6 is 12.6 Å². The highest BCUT2D eigenvalue weighted by atomic mass is 32.1. The molecule has 4 aromatic rings. The Bertz CT molecular complexity index is 1600. The van der Waals surface area contributed by atoms with Crippen molar-refractivity contribution in [2.24, 2.45) is 18.9 Å². The molecule has 12 heteroatoms. The maximum Gasteiger partial charge on any atom is 0.418 e. The van der Waals surface area contributed by atoms with E-state index in [2.05, 4.69) is 27.7 Å². The molecule has 2 fully saturated rings. The fourth-order valence-corrected chi connectivity index (χ4v) is 6.59. The molecule has 1 aliphatic heterocycles. The molecular formula is C29H33F3N6O2S. The zero-order chi connectivity index (χ0) is 28.9. The Balaban J connectivity index is 1.40. The van der Waals surface area contributed by atoms with Crippen molar-refractivity contribution in [3.05, 3.63) is 82.1 Å². The van der Waals surface area contributed by atoms with E-state index in [1.165, 1.54) is 23.0 Å². The highest BCUT2D eigenvalue weighted by molar-refractivity contribution is 7.80. The van der Waals surface area contributed by atoms with Crippen LogP contribution in [0, 0.1) is 11.8 Å². The first-order valence-electron chi connectivity index (χ1n) is 13.9. The lowest BCUT2D eigenvalue weighted by Crippen LogP contribution is -2.33. The number of aliphatic hydroxyl groups excluding tert-OH is 1. The van der Waals surface area contributed by atoms with Crippen molar-refractivity contribution in [3.63, 3.8) is 0 Å². The van der Waals surface area contributed by atoms with Crippen molar-refractivity contribution < 1.29 is 18.3 Å². The van der Waals surface area contributed by atoms with E-state index in [0.29, 0.717) is 23.0 Å². The first-order chi connectivity index (χ1) is 19.6. The Labute approximate surface area is 240 Å². The van der Waals surface area contributed by atoms with E-state index in [1.54, 1.807) is 12.4 Å². The molecule has 0 spiro atoms. The van der Waals surface area contributed by atoms with Crippen LogP contribution in [0.4, 0.5) is 13.2 Å². The van der Waals surface area contributed by atoms with Crippen LogP contribution in [-0.4, -0.2) is 58.7 Å². The maximum absolute atomic E-state index is 14.2. The number of likely N-dealkylation sites (tertiary alicyclic amines) is 1. The fraction of sp³-hybridized carbons (Fsp3) is 0.483. The zero-order valence-electron chi connectivity index (χ0n) is 22.7. The third-order valence-electron chi connectivity index (χ3n) is 8.63. The van der Waals surface area contributed by atoms with Gasteiger partial charge in [0.05, 0.1) is 16.8 Å². The summed E-state index contributed by atoms with van der Waals surface area (Å²) in [7, 11) is 1.87. The highest BCUT2D eigenvalue weighted by Crippen LogP contribution is 2.46. The van der Waals surface area contributed by atoms with Gasteiger partial charge in [0.15, 0.2) is 0 Å². The summed E-state index contributed by atoms with van der Waals surface area (Å²) in [6.45, 7) is 1.97. The number of hydrogen-bond donors (Lipinski definition) is 2. The van der Waals surface area contributed by atoms with Crippen LogP contribution in [0.3, 0.4) is 0 Å². The molecular weight excluding hydrogens is 553 g/mol. The molecule has 1 aliphatic carbocycles. The molecule has 218 valence electrons. The molecule has 3 aromatic heterocycles. The third kappa shape index (κ3) is 5.44. The van der Waals surface area contributed by atoms with Gasteiger partial charge >= 0.3 is 11.9 Å². The van der Waals surface area contributed by atoms with Crippen molar-refractivity contribution in [2.75, 3.05) is 19.7 Å². The number of aliphatic hydroxyl groups is 1. The summed E-state index contributed by atoms with van der Waals surface area (Å²) in [5.74, 6) is 1.10. The summed E-state index contributed by atoms with van der Waals surface area (Å²) in [5, 5.41) is 18.3. The van der Waals surface area contributed by atoms with E-state index < -0.39 is 17.4 Å². The minimum atomic E-state index is -4.62. The van der Waals surface area contributed by atoms with Gasteiger partial charge in [0, 0.05) is 43.8 Å². The Morgan fingerprint density at radius 2 is 1.90 bits per heavy atom. The number of piperidine rings is 1. The molecule has 0 unspecified atom stereocenters. The molecule has 0 amide bonds. The number of benzene rings is 1. The Morgan fingerprint density at radius 3 is 2.56 bits per heavy atom. The first-order valence-corrected chi connectivity index (χ1v) is 14.4. The van der Waals surface area contributed by atoms with Crippen LogP contribution in [0.1, 0.15) is 54.1 Å². The monoisotopic (exact) mass is 586 g/mol. The number of hydrogen-bond acceptors (Lipinski definition) is 6. The number of rotatable bonds is 7. The predicted molar refractivity (Wildman–Crippen MR) is 151 cm³/mol. The molecule has 0 bridgehead atoms. The molecule has 1 N–H and O–H groups in total. The molecule has 0 radical (unpaired) electrons. The highest BCUT2D eigenvalue weighted by Gasteiger charge is 2.39. The number of alkyl halides is 3. The first kappa shape index (κ1) is 28.0. The Hall–Kier alpha value is -3.09. The van der Waals surface area contributed by atoms with Crippen molar-refractivity contribution >= 4 is 18.1 Å². The zero-order valence-corrected chi connectivity index (χ0v) is 23.6. The van der Waals surface area contributed by atoms with E-state index in [9.17, 15) is 23.1 Å². The quantitative estimate of drug-likeness (QED) is 0.316. The minimum Gasteiger partial charge on any atom is -0.396 e. The van der Waals surface area contributed by atoms with Crippen molar-refractivity contribution in [1.29, 1.82) is 0 Å². The van der Waals surface area contributed by atoms with Crippen LogP contribution in [0.25, 0.3) is 11.2 Å². The minimum absolute atomic E-state index is 0.128. The SMILES string of the molecule is Cn1cnnc1[C@@H](c1cccc(-n2cc3c(C(F)(F)F)cc(CN4CCC(S)CC4)cn3c2=O)c1)[C@H]1C[C@@H](CO)C1. The topological polar surface area (TPSA) is 80.6 Å². The van der Waals surface area contributed by atoms with Gasteiger partial charge in [-0.1, -0.05) is 12.1 Å². The lowest BCUT2D eigenvalue weighted by molar-refractivity contribution is -0.136. The Morgan fingerprint density at radius 1 is 1.15 bits per heavy atom. The lowest BCUT2D eigenvalue weighted by atomic mass is 9.66. The maximum atomic E-state index is 14.2. The molecule has 41 heavy (non-hydrogen) atoms. The van der Waals surface area contributed by atoms with Gasteiger partial charge in [-0.25, -0.2) is 4.79 Å². The van der Waals surface area contributed by atoms with Crippen LogP contribution in [-0.2, 0) is 19.8 Å². The summed E-state index contributed by atoms with van der Waals surface area (Å²) < 4.78 is 47.0. The van der Waals surface area contributed by atoms with E-state index in [4.69, 9.17) is 0 Å². The third-order valence-corrected chi connectivity index (χ3v) is 9.14. The van der Waals surface area contributed by atoms with Crippen LogP contribution < -0.4 is 5.69 Å². The number of pyridine rings is 1. The van der Waals surface area contributed by atoms with Crippen molar-refractivity contribution in [1.82, 2.24) is 28.6 Å². The predicted octanol–water partition coefficient (Wildman–Crippen LogP) is 4.28. The second-order valence-corrected chi connectivity index (χ2v) is 12.2. The number of aromatic nitrogens is 5. The number of thiol groups is 1. The van der Waals surface area contributed by atoms with Gasteiger partial charge in [-0.3, -0.25) is 13.9 Å². The van der Waals surface area contributed by atoms with Gasteiger partial charge in [-0.15, -0.1) is 10.2 Å². The van der Waals surface area contributed by atoms with Crippen LogP contribution in [0.5, 0.6) is 0 Å². The smallest absolute Gasteiger partial charge is 0.396 e. The largest absolute Gasteiger partial charge is 0.418 e. The summed E-state index contributed by atoms with van der Waals surface area (Å²) in [6, 6.07) is 8.50. The molecule has 4 heterocycles. The fourth-order valence-electron chi connectivity index (χ4n) is 6.36. The van der Waals surface area contributed by atoms with Gasteiger partial charge in [0.2, 0.25) is 0 Å². The summed E-state index contributed by atoms with van der Waals surface area (Å²) in [5.41, 5.74) is 0.255. The number of imidazole rings is 1. The summed E-state index contributed by atoms with van der Waals surface area (Å²) >= 11 is 4.51. The number of nitrogens with zero attached hydrogens (tertiary/aromatic N) is 6. The molecule has 6 rings (SSSR count). The average Bonchev–Trinajstić information content (AvgIpc) is 3.49.